The number of nitrogens with zero attached hydrogens (tertiary/aromatic N) is 1. The van der Waals surface area contributed by atoms with Gasteiger partial charge in [0.15, 0.2) is 0 Å². The van der Waals surface area contributed by atoms with Crippen LogP contribution in [-0.2, 0) is 0 Å². The van der Waals surface area contributed by atoms with Gasteiger partial charge in [0, 0.05) is 12.1 Å². The van der Waals surface area contributed by atoms with Crippen molar-refractivity contribution in [1.82, 2.24) is 0 Å². The summed E-state index contributed by atoms with van der Waals surface area (Å²) < 4.78 is 0. The van der Waals surface area contributed by atoms with E-state index in [4.69, 9.17) is 5.73 Å². The molecular weight excluding hydrogens is 180 g/mol. The number of para-hydroxylation sites is 1. The Morgan fingerprint density at radius 3 is 2.86 bits per heavy atom. The third kappa shape index (κ3) is 2.17. The molecule has 0 fully saturated rings. The van der Waals surface area contributed by atoms with Crippen LogP contribution in [0.3, 0.4) is 0 Å². The van der Waals surface area contributed by atoms with Gasteiger partial charge >= 0.3 is 0 Å². The molecule has 4 heteroatoms. The largest absolute Gasteiger partial charge is 0.327 e. The molecule has 0 aliphatic carbocycles. The molecule has 4 nitrogen and oxygen atoms in total. The SMILES string of the molecule is Cc1cccc(/C=C/CN)c1[N+](=O)[O-]. The lowest BCUT2D eigenvalue weighted by molar-refractivity contribution is -0.385. The van der Waals surface area contributed by atoms with Gasteiger partial charge in [0.05, 0.1) is 10.5 Å². The van der Waals surface area contributed by atoms with Crippen molar-refractivity contribution in [3.05, 3.63) is 45.5 Å². The van der Waals surface area contributed by atoms with Crippen LogP contribution in [0.5, 0.6) is 0 Å². The molecule has 0 spiro atoms. The lowest BCUT2D eigenvalue weighted by atomic mass is 10.1. The van der Waals surface area contributed by atoms with Crippen LogP contribution < -0.4 is 5.73 Å². The Bertz CT molecular complexity index is 372. The van der Waals surface area contributed by atoms with Crippen LogP contribution in [0.4, 0.5) is 5.69 Å². The van der Waals surface area contributed by atoms with Gasteiger partial charge in [-0.1, -0.05) is 24.3 Å². The number of aryl methyl sites for hydroxylation is 1. The van der Waals surface area contributed by atoms with Crippen molar-refractivity contribution in [3.63, 3.8) is 0 Å². The first-order valence-corrected chi connectivity index (χ1v) is 4.27. The summed E-state index contributed by atoms with van der Waals surface area (Å²) in [4.78, 5) is 10.4. The monoisotopic (exact) mass is 192 g/mol. The van der Waals surface area contributed by atoms with Crippen LogP contribution in [0, 0.1) is 17.0 Å². The molecule has 0 aliphatic heterocycles. The molecule has 0 atom stereocenters. The first-order valence-electron chi connectivity index (χ1n) is 4.27. The maximum Gasteiger partial charge on any atom is 0.279 e. The van der Waals surface area contributed by atoms with E-state index in [2.05, 4.69) is 0 Å². The molecule has 74 valence electrons. The smallest absolute Gasteiger partial charge is 0.279 e. The Kier molecular flexibility index (Phi) is 3.36. The Balaban J connectivity index is 3.21. The molecule has 0 heterocycles. The van der Waals surface area contributed by atoms with E-state index in [0.717, 1.165) is 0 Å². The highest BCUT2D eigenvalue weighted by molar-refractivity contribution is 5.63. The summed E-state index contributed by atoms with van der Waals surface area (Å²) in [6.07, 6.45) is 3.37. The van der Waals surface area contributed by atoms with Crippen LogP contribution in [0.15, 0.2) is 24.3 Å². The summed E-state index contributed by atoms with van der Waals surface area (Å²) in [5.41, 5.74) is 6.69. The van der Waals surface area contributed by atoms with Crippen molar-refractivity contribution in [2.45, 2.75) is 6.92 Å². The molecule has 1 rings (SSSR count). The van der Waals surface area contributed by atoms with Gasteiger partial charge in [-0.25, -0.2) is 0 Å². The van der Waals surface area contributed by atoms with Crippen molar-refractivity contribution in [2.24, 2.45) is 5.73 Å². The van der Waals surface area contributed by atoms with Crippen LogP contribution in [0.25, 0.3) is 6.08 Å². The predicted octanol–water partition coefficient (Wildman–Crippen LogP) is 1.88. The Morgan fingerprint density at radius 1 is 1.57 bits per heavy atom. The van der Waals surface area contributed by atoms with Crippen molar-refractivity contribution in [3.8, 4) is 0 Å². The zero-order valence-corrected chi connectivity index (χ0v) is 7.93. The number of rotatable bonds is 3. The highest BCUT2D eigenvalue weighted by Gasteiger charge is 2.13. The van der Waals surface area contributed by atoms with Gasteiger partial charge < -0.3 is 5.73 Å². The third-order valence-electron chi connectivity index (χ3n) is 1.89. The fraction of sp³-hybridized carbons (Fsp3) is 0.200. The summed E-state index contributed by atoms with van der Waals surface area (Å²) in [6.45, 7) is 2.10. The van der Waals surface area contributed by atoms with E-state index in [0.29, 0.717) is 17.7 Å². The maximum atomic E-state index is 10.7. The second-order valence-electron chi connectivity index (χ2n) is 2.91. The molecule has 0 unspecified atom stereocenters. The number of benzene rings is 1. The summed E-state index contributed by atoms with van der Waals surface area (Å²) in [5, 5.41) is 10.7. The topological polar surface area (TPSA) is 69.2 Å². The average molecular weight is 192 g/mol. The standard InChI is InChI=1S/C10H12N2O2/c1-8-4-2-5-9(6-3-7-11)10(8)12(13)14/h2-6H,7,11H2,1H3/b6-3+. The van der Waals surface area contributed by atoms with E-state index in [1.807, 2.05) is 0 Å². The molecule has 14 heavy (non-hydrogen) atoms. The van der Waals surface area contributed by atoms with Gasteiger partial charge in [-0.05, 0) is 13.0 Å². The van der Waals surface area contributed by atoms with E-state index in [-0.39, 0.29) is 10.6 Å². The van der Waals surface area contributed by atoms with Crippen molar-refractivity contribution < 1.29 is 4.92 Å². The quantitative estimate of drug-likeness (QED) is 0.587. The second-order valence-corrected chi connectivity index (χ2v) is 2.91. The summed E-state index contributed by atoms with van der Waals surface area (Å²) in [5.74, 6) is 0. The zero-order valence-electron chi connectivity index (χ0n) is 7.93. The molecule has 0 aromatic heterocycles. The van der Waals surface area contributed by atoms with Crippen molar-refractivity contribution in [2.75, 3.05) is 6.54 Å². The molecule has 2 N–H and O–H groups in total. The molecule has 0 aliphatic rings. The van der Waals surface area contributed by atoms with E-state index in [1.165, 1.54) is 0 Å². The molecule has 0 saturated heterocycles. The molecule has 0 radical (unpaired) electrons. The lowest BCUT2D eigenvalue weighted by Gasteiger charge is -2.00. The van der Waals surface area contributed by atoms with E-state index in [9.17, 15) is 10.1 Å². The fourth-order valence-corrected chi connectivity index (χ4v) is 1.26. The van der Waals surface area contributed by atoms with Crippen molar-refractivity contribution >= 4 is 11.8 Å². The summed E-state index contributed by atoms with van der Waals surface area (Å²) in [7, 11) is 0. The first-order chi connectivity index (χ1) is 6.66. The summed E-state index contributed by atoms with van der Waals surface area (Å²) >= 11 is 0. The Labute approximate surface area is 82.2 Å². The minimum Gasteiger partial charge on any atom is -0.327 e. The predicted molar refractivity (Wildman–Crippen MR) is 55.9 cm³/mol. The minimum absolute atomic E-state index is 0.150. The third-order valence-corrected chi connectivity index (χ3v) is 1.89. The molecule has 0 saturated carbocycles. The number of hydrogen-bond acceptors (Lipinski definition) is 3. The first kappa shape index (κ1) is 10.4. The van der Waals surface area contributed by atoms with Gasteiger partial charge in [-0.15, -0.1) is 0 Å². The number of nitrogens with two attached hydrogens (primary N) is 1. The molecular formula is C10H12N2O2. The van der Waals surface area contributed by atoms with Crippen LogP contribution in [0.1, 0.15) is 11.1 Å². The molecule has 0 amide bonds. The van der Waals surface area contributed by atoms with Gasteiger partial charge in [-0.3, -0.25) is 10.1 Å². The van der Waals surface area contributed by atoms with Crippen LogP contribution in [-0.4, -0.2) is 11.5 Å². The van der Waals surface area contributed by atoms with E-state index >= 15 is 0 Å². The van der Waals surface area contributed by atoms with Crippen LogP contribution >= 0.6 is 0 Å². The van der Waals surface area contributed by atoms with E-state index < -0.39 is 0 Å². The number of nitro groups is 1. The highest BCUT2D eigenvalue weighted by Crippen LogP contribution is 2.23. The summed E-state index contributed by atoms with van der Waals surface area (Å²) in [6, 6.07) is 5.22. The Morgan fingerprint density at radius 2 is 2.29 bits per heavy atom. The molecule has 1 aromatic carbocycles. The van der Waals surface area contributed by atoms with Gasteiger partial charge in [0.25, 0.3) is 5.69 Å². The normalized spacial score (nSPS) is 10.7. The second kappa shape index (κ2) is 4.53. The molecule has 0 bridgehead atoms. The highest BCUT2D eigenvalue weighted by atomic mass is 16.6. The maximum absolute atomic E-state index is 10.7. The molecule has 1 aromatic rings. The van der Waals surface area contributed by atoms with Gasteiger partial charge in [0.2, 0.25) is 0 Å². The fourth-order valence-electron chi connectivity index (χ4n) is 1.26. The average Bonchev–Trinajstić information content (AvgIpc) is 2.14. The minimum atomic E-state index is -0.370. The van der Waals surface area contributed by atoms with Crippen LogP contribution in [0.2, 0.25) is 0 Å². The van der Waals surface area contributed by atoms with Crippen molar-refractivity contribution in [1.29, 1.82) is 0 Å². The van der Waals surface area contributed by atoms with Gasteiger partial charge in [0.1, 0.15) is 0 Å². The van der Waals surface area contributed by atoms with Gasteiger partial charge in [-0.2, -0.15) is 0 Å². The van der Waals surface area contributed by atoms with E-state index in [1.54, 1.807) is 37.3 Å². The number of nitro benzene ring substituents is 1. The lowest BCUT2D eigenvalue weighted by Crippen LogP contribution is -1.96. The Hall–Kier alpha value is -1.68. The number of hydrogen-bond donors (Lipinski definition) is 1. The zero-order chi connectivity index (χ0) is 10.6.